The molecule has 2 aliphatic rings. The Balaban J connectivity index is 1.77. The van der Waals surface area contributed by atoms with E-state index in [1.54, 1.807) is 0 Å². The van der Waals surface area contributed by atoms with Gasteiger partial charge in [-0.05, 0) is 31.7 Å². The van der Waals surface area contributed by atoms with Gasteiger partial charge in [0.2, 0.25) is 0 Å². The van der Waals surface area contributed by atoms with Crippen molar-refractivity contribution in [3.63, 3.8) is 0 Å². The van der Waals surface area contributed by atoms with Crippen molar-refractivity contribution in [3.8, 4) is 0 Å². The largest absolute Gasteiger partial charge is 0.331 e. The van der Waals surface area contributed by atoms with Gasteiger partial charge in [0.25, 0.3) is 0 Å². The number of hydrogen-bond acceptors (Lipinski definition) is 2. The Hall–Kier alpha value is -0.830. The minimum absolute atomic E-state index is 0.681. The second-order valence-electron chi connectivity index (χ2n) is 5.66. The normalized spacial score (nSPS) is 26.3. The molecule has 1 saturated carbocycles. The molecule has 1 aliphatic carbocycles. The van der Waals surface area contributed by atoms with Crippen LogP contribution in [0.1, 0.15) is 56.7 Å². The van der Waals surface area contributed by atoms with Gasteiger partial charge < -0.3 is 9.88 Å². The second-order valence-corrected chi connectivity index (χ2v) is 5.66. The van der Waals surface area contributed by atoms with E-state index in [4.69, 9.17) is 0 Å². The minimum Gasteiger partial charge on any atom is -0.331 e. The summed E-state index contributed by atoms with van der Waals surface area (Å²) in [5.41, 5.74) is 1.46. The van der Waals surface area contributed by atoms with E-state index in [2.05, 4.69) is 34.3 Å². The molecule has 0 spiro atoms. The number of nitrogens with zero attached hydrogens (tertiary/aromatic N) is 2. The molecule has 2 heterocycles. The Morgan fingerprint density at radius 3 is 3.00 bits per heavy atom. The van der Waals surface area contributed by atoms with Crippen molar-refractivity contribution in [2.45, 2.75) is 51.0 Å². The van der Waals surface area contributed by atoms with Crippen LogP contribution >= 0.6 is 0 Å². The average molecular weight is 233 g/mol. The van der Waals surface area contributed by atoms with Crippen molar-refractivity contribution in [2.75, 3.05) is 13.1 Å². The van der Waals surface area contributed by atoms with Gasteiger partial charge in [0.1, 0.15) is 0 Å². The molecule has 1 aliphatic heterocycles. The summed E-state index contributed by atoms with van der Waals surface area (Å²) in [6, 6.07) is 0.681. The monoisotopic (exact) mass is 233 g/mol. The van der Waals surface area contributed by atoms with Crippen molar-refractivity contribution in [2.24, 2.45) is 5.92 Å². The molecule has 0 bridgehead atoms. The maximum atomic E-state index is 4.40. The van der Waals surface area contributed by atoms with Crippen LogP contribution in [0.3, 0.4) is 0 Å². The summed E-state index contributed by atoms with van der Waals surface area (Å²) in [5, 5.41) is 3.46. The standard InChI is InChI=1S/C14H23N3/c1-2-13(7-11-3-4-11)17-10-16-9-14(17)12-5-6-15-8-12/h9-13,15H,2-8H2,1H3. The van der Waals surface area contributed by atoms with Gasteiger partial charge in [-0.1, -0.05) is 19.8 Å². The highest BCUT2D eigenvalue weighted by atomic mass is 15.1. The summed E-state index contributed by atoms with van der Waals surface area (Å²) in [4.78, 5) is 4.40. The fourth-order valence-electron chi connectivity index (χ4n) is 3.06. The average Bonchev–Trinajstić information content (AvgIpc) is 2.86. The number of aromatic nitrogens is 2. The highest BCUT2D eigenvalue weighted by Gasteiger charge is 2.28. The van der Waals surface area contributed by atoms with E-state index in [0.29, 0.717) is 12.0 Å². The summed E-state index contributed by atoms with van der Waals surface area (Å²) < 4.78 is 2.47. The molecule has 0 radical (unpaired) electrons. The van der Waals surface area contributed by atoms with Gasteiger partial charge in [-0.15, -0.1) is 0 Å². The quantitative estimate of drug-likeness (QED) is 0.847. The van der Waals surface area contributed by atoms with Gasteiger partial charge >= 0.3 is 0 Å². The van der Waals surface area contributed by atoms with Crippen LogP contribution in [0.15, 0.2) is 12.5 Å². The molecule has 2 unspecified atom stereocenters. The topological polar surface area (TPSA) is 29.9 Å². The first-order chi connectivity index (χ1) is 8.38. The van der Waals surface area contributed by atoms with Crippen LogP contribution in [0.5, 0.6) is 0 Å². The van der Waals surface area contributed by atoms with Gasteiger partial charge in [0.15, 0.2) is 0 Å². The molecule has 94 valence electrons. The molecule has 3 rings (SSSR count). The van der Waals surface area contributed by atoms with E-state index in [-0.39, 0.29) is 0 Å². The molecule has 17 heavy (non-hydrogen) atoms. The van der Waals surface area contributed by atoms with E-state index in [1.807, 2.05) is 0 Å². The number of nitrogens with one attached hydrogen (secondary N) is 1. The molecular formula is C14H23N3. The molecule has 0 amide bonds. The summed E-state index contributed by atoms with van der Waals surface area (Å²) >= 11 is 0. The molecule has 1 aromatic rings. The molecule has 1 aromatic heterocycles. The van der Waals surface area contributed by atoms with Crippen molar-refractivity contribution < 1.29 is 0 Å². The van der Waals surface area contributed by atoms with Crippen LogP contribution < -0.4 is 5.32 Å². The van der Waals surface area contributed by atoms with Crippen LogP contribution in [0.4, 0.5) is 0 Å². The molecule has 2 atom stereocenters. The summed E-state index contributed by atoms with van der Waals surface area (Å²) in [6.07, 6.45) is 10.9. The van der Waals surface area contributed by atoms with Crippen LogP contribution in [0.2, 0.25) is 0 Å². The van der Waals surface area contributed by atoms with Gasteiger partial charge in [-0.3, -0.25) is 0 Å². The lowest BCUT2D eigenvalue weighted by Gasteiger charge is -2.21. The third-order valence-electron chi connectivity index (χ3n) is 4.34. The fourth-order valence-corrected chi connectivity index (χ4v) is 3.06. The SMILES string of the molecule is CCC(CC1CC1)n1cncc1C1CCNC1. The predicted octanol–water partition coefficient (Wildman–Crippen LogP) is 2.71. The molecular weight excluding hydrogens is 210 g/mol. The van der Waals surface area contributed by atoms with Crippen molar-refractivity contribution >= 4 is 0 Å². The van der Waals surface area contributed by atoms with Gasteiger partial charge in [0, 0.05) is 30.4 Å². The minimum atomic E-state index is 0.681. The zero-order valence-electron chi connectivity index (χ0n) is 10.7. The Morgan fingerprint density at radius 2 is 2.35 bits per heavy atom. The molecule has 3 nitrogen and oxygen atoms in total. The molecule has 2 fully saturated rings. The van der Waals surface area contributed by atoms with E-state index < -0.39 is 0 Å². The second kappa shape index (κ2) is 4.81. The summed E-state index contributed by atoms with van der Waals surface area (Å²) in [7, 11) is 0. The van der Waals surface area contributed by atoms with E-state index in [9.17, 15) is 0 Å². The highest BCUT2D eigenvalue weighted by molar-refractivity contribution is 5.10. The first kappa shape index (κ1) is 11.3. The first-order valence-electron chi connectivity index (χ1n) is 7.11. The Bertz CT molecular complexity index is 361. The Kier molecular flexibility index (Phi) is 3.19. The van der Waals surface area contributed by atoms with Gasteiger partial charge in [-0.25, -0.2) is 4.98 Å². The maximum Gasteiger partial charge on any atom is 0.0950 e. The summed E-state index contributed by atoms with van der Waals surface area (Å²) in [5.74, 6) is 1.68. The van der Waals surface area contributed by atoms with E-state index in [0.717, 1.165) is 19.0 Å². The van der Waals surface area contributed by atoms with Crippen LogP contribution in [-0.2, 0) is 0 Å². The van der Waals surface area contributed by atoms with Crippen LogP contribution in [0, 0.1) is 5.92 Å². The van der Waals surface area contributed by atoms with Crippen molar-refractivity contribution in [3.05, 3.63) is 18.2 Å². The maximum absolute atomic E-state index is 4.40. The van der Waals surface area contributed by atoms with E-state index in [1.165, 1.54) is 37.8 Å². The lowest BCUT2D eigenvalue weighted by Crippen LogP contribution is -2.15. The lowest BCUT2D eigenvalue weighted by molar-refractivity contribution is 0.410. The van der Waals surface area contributed by atoms with Crippen molar-refractivity contribution in [1.29, 1.82) is 0 Å². The number of rotatable bonds is 5. The molecule has 1 N–H and O–H groups in total. The molecule has 0 aromatic carbocycles. The van der Waals surface area contributed by atoms with Gasteiger partial charge in [0.05, 0.1) is 6.33 Å². The zero-order valence-corrected chi connectivity index (χ0v) is 10.7. The number of imidazole rings is 1. The third-order valence-corrected chi connectivity index (χ3v) is 4.34. The molecule has 3 heteroatoms. The van der Waals surface area contributed by atoms with E-state index >= 15 is 0 Å². The van der Waals surface area contributed by atoms with Gasteiger partial charge in [-0.2, -0.15) is 0 Å². The Morgan fingerprint density at radius 1 is 1.47 bits per heavy atom. The van der Waals surface area contributed by atoms with Crippen LogP contribution in [-0.4, -0.2) is 22.6 Å². The number of hydrogen-bond donors (Lipinski definition) is 1. The Labute approximate surface area is 104 Å². The zero-order chi connectivity index (χ0) is 11.7. The summed E-state index contributed by atoms with van der Waals surface area (Å²) in [6.45, 7) is 4.60. The molecule has 1 saturated heterocycles. The van der Waals surface area contributed by atoms with Crippen LogP contribution in [0.25, 0.3) is 0 Å². The van der Waals surface area contributed by atoms with Crippen molar-refractivity contribution in [1.82, 2.24) is 14.9 Å². The fraction of sp³-hybridized carbons (Fsp3) is 0.786. The smallest absolute Gasteiger partial charge is 0.0950 e. The predicted molar refractivity (Wildman–Crippen MR) is 69.1 cm³/mol. The first-order valence-corrected chi connectivity index (χ1v) is 7.11. The highest BCUT2D eigenvalue weighted by Crippen LogP contribution is 2.39. The lowest BCUT2D eigenvalue weighted by atomic mass is 10.0. The third kappa shape index (κ3) is 2.39.